The van der Waals surface area contributed by atoms with Crippen molar-refractivity contribution in [1.82, 2.24) is 5.32 Å². The fraction of sp³-hybridized carbons (Fsp3) is 0.300. The van der Waals surface area contributed by atoms with Gasteiger partial charge >= 0.3 is 0 Å². The summed E-state index contributed by atoms with van der Waals surface area (Å²) in [5.74, 6) is -0.0136. The third-order valence-corrected chi connectivity index (χ3v) is 4.42. The Morgan fingerprint density at radius 2 is 1.88 bits per heavy atom. The van der Waals surface area contributed by atoms with Crippen LogP contribution in [0.5, 0.6) is 0 Å². The number of benzene rings is 2. The monoisotopic (exact) mass is 338 g/mol. The maximum Gasteiger partial charge on any atom is 0.251 e. The van der Waals surface area contributed by atoms with E-state index < -0.39 is 0 Å². The van der Waals surface area contributed by atoms with Crippen LogP contribution in [0, 0.1) is 0 Å². The first-order valence-electron chi connectivity index (χ1n) is 8.45. The smallest absolute Gasteiger partial charge is 0.251 e. The minimum atomic E-state index is -0.188. The molecule has 25 heavy (non-hydrogen) atoms. The normalized spacial score (nSPS) is 15.2. The summed E-state index contributed by atoms with van der Waals surface area (Å²) >= 11 is 0. The van der Waals surface area contributed by atoms with Gasteiger partial charge in [0.15, 0.2) is 0 Å². The molecule has 0 bridgehead atoms. The minimum Gasteiger partial charge on any atom is -0.375 e. The van der Waals surface area contributed by atoms with Crippen LogP contribution in [0.3, 0.4) is 0 Å². The molecule has 2 amide bonds. The number of ether oxygens (including phenoxy) is 1. The molecule has 2 aromatic carbocycles. The van der Waals surface area contributed by atoms with Crippen LogP contribution in [-0.2, 0) is 9.53 Å². The van der Waals surface area contributed by atoms with E-state index in [4.69, 9.17) is 4.74 Å². The summed E-state index contributed by atoms with van der Waals surface area (Å²) in [4.78, 5) is 25.9. The Morgan fingerprint density at radius 3 is 2.48 bits per heavy atom. The van der Waals surface area contributed by atoms with Crippen molar-refractivity contribution in [2.45, 2.75) is 18.9 Å². The highest BCUT2D eigenvalue weighted by atomic mass is 16.5. The number of rotatable bonds is 6. The first kappa shape index (κ1) is 17.2. The van der Waals surface area contributed by atoms with Crippen molar-refractivity contribution in [3.8, 4) is 0 Å². The molecule has 0 spiro atoms. The Bertz CT molecular complexity index is 728. The van der Waals surface area contributed by atoms with Gasteiger partial charge in [-0.1, -0.05) is 30.3 Å². The van der Waals surface area contributed by atoms with E-state index in [0.717, 1.165) is 24.2 Å². The third-order valence-electron chi connectivity index (χ3n) is 4.42. The molecule has 1 atom stereocenters. The second-order valence-electron chi connectivity index (χ2n) is 6.04. The van der Waals surface area contributed by atoms with Crippen molar-refractivity contribution in [2.24, 2.45) is 0 Å². The van der Waals surface area contributed by atoms with Crippen molar-refractivity contribution in [3.05, 3.63) is 65.7 Å². The molecule has 0 saturated carbocycles. The van der Waals surface area contributed by atoms with Crippen LogP contribution in [-0.4, -0.2) is 32.0 Å². The minimum absolute atomic E-state index is 0.142. The van der Waals surface area contributed by atoms with Crippen molar-refractivity contribution in [1.29, 1.82) is 0 Å². The molecule has 3 rings (SSSR count). The lowest BCUT2D eigenvalue weighted by atomic mass is 10.1. The van der Waals surface area contributed by atoms with Gasteiger partial charge in [0.25, 0.3) is 5.91 Å². The summed E-state index contributed by atoms with van der Waals surface area (Å²) in [6, 6.07) is 16.9. The number of carbonyl (C=O) groups is 2. The van der Waals surface area contributed by atoms with E-state index in [0.29, 0.717) is 18.5 Å². The molecule has 1 saturated heterocycles. The van der Waals surface area contributed by atoms with Crippen molar-refractivity contribution in [3.63, 3.8) is 0 Å². The number of nitrogens with zero attached hydrogens (tertiary/aromatic N) is 1. The summed E-state index contributed by atoms with van der Waals surface area (Å²) in [7, 11) is 1.63. The molecule has 1 N–H and O–H groups in total. The highest BCUT2D eigenvalue weighted by Crippen LogP contribution is 2.21. The van der Waals surface area contributed by atoms with Crippen LogP contribution >= 0.6 is 0 Å². The Kier molecular flexibility index (Phi) is 5.46. The van der Waals surface area contributed by atoms with Crippen molar-refractivity contribution < 1.29 is 14.3 Å². The number of hydrogen-bond donors (Lipinski definition) is 1. The van der Waals surface area contributed by atoms with E-state index in [1.807, 2.05) is 42.5 Å². The molecule has 1 heterocycles. The largest absolute Gasteiger partial charge is 0.375 e. The number of methoxy groups -OCH3 is 1. The maximum atomic E-state index is 12.3. The average Bonchev–Trinajstić information content (AvgIpc) is 3.09. The molecular formula is C20H22N2O3. The molecule has 0 aliphatic carbocycles. The van der Waals surface area contributed by atoms with E-state index in [2.05, 4.69) is 5.32 Å². The fourth-order valence-corrected chi connectivity index (χ4v) is 3.01. The SMILES string of the molecule is COC(CNC(=O)c1ccc(N2CCCC2=O)cc1)c1ccccc1. The van der Waals surface area contributed by atoms with Gasteiger partial charge in [-0.05, 0) is 36.2 Å². The lowest BCUT2D eigenvalue weighted by molar-refractivity contribution is -0.117. The highest BCUT2D eigenvalue weighted by Gasteiger charge is 2.21. The standard InChI is InChI=1S/C20H22N2O3/c1-25-18(15-6-3-2-4-7-15)14-21-20(24)16-9-11-17(12-10-16)22-13-5-8-19(22)23/h2-4,6-7,9-12,18H,5,8,13-14H2,1H3,(H,21,24). The second kappa shape index (κ2) is 7.94. The predicted octanol–water partition coefficient (Wildman–Crippen LogP) is 2.93. The lowest BCUT2D eigenvalue weighted by Gasteiger charge is -2.17. The molecule has 2 aromatic rings. The molecule has 0 radical (unpaired) electrons. The molecular weight excluding hydrogens is 316 g/mol. The summed E-state index contributed by atoms with van der Waals surface area (Å²) < 4.78 is 5.46. The van der Waals surface area contributed by atoms with Crippen LogP contribution in [0.4, 0.5) is 5.69 Å². The molecule has 130 valence electrons. The number of nitrogens with one attached hydrogen (secondary N) is 1. The Morgan fingerprint density at radius 1 is 1.16 bits per heavy atom. The molecule has 1 fully saturated rings. The summed E-state index contributed by atoms with van der Waals surface area (Å²) in [6.07, 6.45) is 1.30. The van der Waals surface area contributed by atoms with Crippen LogP contribution in [0.15, 0.2) is 54.6 Å². The van der Waals surface area contributed by atoms with Gasteiger partial charge in [0.05, 0.1) is 6.10 Å². The van der Waals surface area contributed by atoms with Gasteiger partial charge in [-0.3, -0.25) is 9.59 Å². The number of carbonyl (C=O) groups excluding carboxylic acids is 2. The van der Waals surface area contributed by atoms with Crippen LogP contribution < -0.4 is 10.2 Å². The van der Waals surface area contributed by atoms with Gasteiger partial charge in [-0.2, -0.15) is 0 Å². The van der Waals surface area contributed by atoms with Crippen LogP contribution in [0.1, 0.15) is 34.9 Å². The number of hydrogen-bond acceptors (Lipinski definition) is 3. The quantitative estimate of drug-likeness (QED) is 0.881. The zero-order valence-corrected chi connectivity index (χ0v) is 14.3. The Balaban J connectivity index is 1.60. The van der Waals surface area contributed by atoms with E-state index in [1.165, 1.54) is 0 Å². The Hall–Kier alpha value is -2.66. The zero-order chi connectivity index (χ0) is 17.6. The van der Waals surface area contributed by atoms with Crippen LogP contribution in [0.25, 0.3) is 0 Å². The Labute approximate surface area is 147 Å². The van der Waals surface area contributed by atoms with Gasteiger partial charge < -0.3 is 15.0 Å². The van der Waals surface area contributed by atoms with Gasteiger partial charge in [-0.15, -0.1) is 0 Å². The number of amides is 2. The molecule has 5 nitrogen and oxygen atoms in total. The predicted molar refractivity (Wildman–Crippen MR) is 96.6 cm³/mol. The summed E-state index contributed by atoms with van der Waals surface area (Å²) in [5, 5.41) is 2.90. The lowest BCUT2D eigenvalue weighted by Crippen LogP contribution is -2.29. The summed E-state index contributed by atoms with van der Waals surface area (Å²) in [5.41, 5.74) is 2.43. The summed E-state index contributed by atoms with van der Waals surface area (Å²) in [6.45, 7) is 1.14. The van der Waals surface area contributed by atoms with Gasteiger partial charge in [0, 0.05) is 37.9 Å². The second-order valence-corrected chi connectivity index (χ2v) is 6.04. The van der Waals surface area contributed by atoms with E-state index in [9.17, 15) is 9.59 Å². The first-order valence-corrected chi connectivity index (χ1v) is 8.45. The third kappa shape index (κ3) is 4.06. The van der Waals surface area contributed by atoms with E-state index >= 15 is 0 Å². The molecule has 0 aromatic heterocycles. The molecule has 1 aliphatic rings. The molecule has 1 unspecified atom stereocenters. The van der Waals surface area contributed by atoms with Crippen molar-refractivity contribution >= 4 is 17.5 Å². The fourth-order valence-electron chi connectivity index (χ4n) is 3.01. The highest BCUT2D eigenvalue weighted by molar-refractivity contribution is 5.97. The van der Waals surface area contributed by atoms with Gasteiger partial charge in [-0.25, -0.2) is 0 Å². The number of anilines is 1. The van der Waals surface area contributed by atoms with Crippen LogP contribution in [0.2, 0.25) is 0 Å². The first-order chi connectivity index (χ1) is 12.2. The van der Waals surface area contributed by atoms with Gasteiger partial charge in [0.2, 0.25) is 5.91 Å². The maximum absolute atomic E-state index is 12.3. The molecule has 1 aliphatic heterocycles. The van der Waals surface area contributed by atoms with Crippen molar-refractivity contribution in [2.75, 3.05) is 25.1 Å². The topological polar surface area (TPSA) is 58.6 Å². The van der Waals surface area contributed by atoms with Gasteiger partial charge in [0.1, 0.15) is 0 Å². The van der Waals surface area contributed by atoms with E-state index in [1.54, 1.807) is 24.1 Å². The van der Waals surface area contributed by atoms with E-state index in [-0.39, 0.29) is 17.9 Å². The molecule has 5 heteroatoms. The average molecular weight is 338 g/mol. The zero-order valence-electron chi connectivity index (χ0n) is 14.3.